The summed E-state index contributed by atoms with van der Waals surface area (Å²) in [4.78, 5) is 32.5. The van der Waals surface area contributed by atoms with Gasteiger partial charge in [-0.3, -0.25) is 9.59 Å². The van der Waals surface area contributed by atoms with E-state index in [1.807, 2.05) is 35.2 Å². The third kappa shape index (κ3) is 5.65. The molecule has 1 aliphatic heterocycles. The molecule has 1 N–H and O–H groups in total. The summed E-state index contributed by atoms with van der Waals surface area (Å²) in [6.07, 6.45) is 16.7. The SMILES string of the molecule is COc1ccc2cc(/C=C/C(=O)N3CCN(C(=O)[C@]45CCC(C)(C)C[C@H]4C4=CC[C@@H]6[C@@]7(C)CC[C@H](O)C(C)(C)[C@@H]7CC[C@@]6(C)[C@]4(C)CC5)CC3)ccc2c1. The number of carbonyl (C=O) groups excluding carboxylic acids is 2. The molecule has 2 amide bonds. The molecule has 6 aliphatic rings. The van der Waals surface area contributed by atoms with Crippen LogP contribution in [0.15, 0.2) is 54.1 Å². The molecule has 0 spiro atoms. The molecular weight excluding hydrogens is 669 g/mol. The van der Waals surface area contributed by atoms with Crippen molar-refractivity contribution in [1.82, 2.24) is 9.80 Å². The fourth-order valence-electron chi connectivity index (χ4n) is 13.8. The smallest absolute Gasteiger partial charge is 0.246 e. The van der Waals surface area contributed by atoms with Crippen LogP contribution in [0, 0.1) is 50.2 Å². The van der Waals surface area contributed by atoms with Crippen molar-refractivity contribution >= 4 is 28.7 Å². The number of allylic oxidation sites excluding steroid dienone is 2. The van der Waals surface area contributed by atoms with Crippen LogP contribution in [0.2, 0.25) is 0 Å². The van der Waals surface area contributed by atoms with Crippen LogP contribution in [0.5, 0.6) is 5.75 Å². The lowest BCUT2D eigenvalue weighted by molar-refractivity contribution is -0.204. The predicted molar refractivity (Wildman–Crippen MR) is 218 cm³/mol. The average molecular weight is 735 g/mol. The zero-order valence-corrected chi connectivity index (χ0v) is 34.5. The highest BCUT2D eigenvalue weighted by Crippen LogP contribution is 2.76. The molecule has 0 aromatic heterocycles. The van der Waals surface area contributed by atoms with Crippen molar-refractivity contribution in [2.75, 3.05) is 33.3 Å². The van der Waals surface area contributed by atoms with Gasteiger partial charge in [-0.1, -0.05) is 78.3 Å². The number of methoxy groups -OCH3 is 1. The molecule has 8 atom stereocenters. The zero-order valence-electron chi connectivity index (χ0n) is 34.5. The van der Waals surface area contributed by atoms with Crippen molar-refractivity contribution in [3.63, 3.8) is 0 Å². The van der Waals surface area contributed by atoms with E-state index in [-0.39, 0.29) is 50.4 Å². The number of fused-ring (bicyclic) bond motifs is 8. The van der Waals surface area contributed by atoms with E-state index in [1.54, 1.807) is 18.8 Å². The standard InChI is InChI=1S/C48H66N2O4/c1-43(2)21-23-48(42(53)50-27-25-49(26-28-50)41(52)16-10-32-9-11-34-30-35(54-8)13-12-33(34)29-32)24-22-46(6)36(37(48)31-43)14-15-39-45(5)19-18-40(51)44(3,4)38(45)17-20-47(39,46)7/h9-14,16,29-30,37-40,51H,15,17-28,31H2,1-8H3/b16-10+/t37-,38-,39+,40-,45-,46+,47+,48-/m0/s1. The van der Waals surface area contributed by atoms with Gasteiger partial charge in [0.15, 0.2) is 0 Å². The molecule has 0 bridgehead atoms. The molecule has 5 aliphatic carbocycles. The maximum atomic E-state index is 15.1. The largest absolute Gasteiger partial charge is 0.497 e. The third-order valence-electron chi connectivity index (χ3n) is 17.4. The second-order valence-electron chi connectivity index (χ2n) is 20.7. The van der Waals surface area contributed by atoms with Crippen LogP contribution in [-0.2, 0) is 9.59 Å². The number of amides is 2. The van der Waals surface area contributed by atoms with Crippen LogP contribution in [0.1, 0.15) is 118 Å². The van der Waals surface area contributed by atoms with Gasteiger partial charge in [-0.05, 0) is 150 Å². The molecule has 6 heteroatoms. The van der Waals surface area contributed by atoms with E-state index in [4.69, 9.17) is 4.74 Å². The molecule has 2 aromatic carbocycles. The van der Waals surface area contributed by atoms with Gasteiger partial charge in [0.1, 0.15) is 5.75 Å². The molecule has 6 nitrogen and oxygen atoms in total. The number of aliphatic hydroxyl groups is 1. The second kappa shape index (κ2) is 13.0. The van der Waals surface area contributed by atoms with Gasteiger partial charge in [0, 0.05) is 32.3 Å². The van der Waals surface area contributed by atoms with Crippen LogP contribution >= 0.6 is 0 Å². The minimum Gasteiger partial charge on any atom is -0.497 e. The molecule has 1 heterocycles. The van der Waals surface area contributed by atoms with Gasteiger partial charge < -0.3 is 19.6 Å². The summed E-state index contributed by atoms with van der Waals surface area (Å²) in [5.41, 5.74) is 2.86. The van der Waals surface area contributed by atoms with E-state index in [1.165, 1.54) is 12.8 Å². The molecule has 2 aromatic rings. The summed E-state index contributed by atoms with van der Waals surface area (Å²) < 4.78 is 5.36. The number of benzene rings is 2. The topological polar surface area (TPSA) is 70.1 Å². The van der Waals surface area contributed by atoms with E-state index in [0.29, 0.717) is 43.9 Å². The summed E-state index contributed by atoms with van der Waals surface area (Å²) in [5.74, 6) is 2.59. The summed E-state index contributed by atoms with van der Waals surface area (Å²) in [6.45, 7) is 19.7. The Morgan fingerprint density at radius 1 is 0.796 bits per heavy atom. The molecule has 0 unspecified atom stereocenters. The minimum atomic E-state index is -0.353. The number of carbonyl (C=O) groups is 2. The first-order valence-electron chi connectivity index (χ1n) is 21.2. The number of ether oxygens (including phenoxy) is 1. The van der Waals surface area contributed by atoms with Crippen molar-refractivity contribution in [2.45, 2.75) is 119 Å². The Bertz CT molecular complexity index is 1890. The van der Waals surface area contributed by atoms with Crippen LogP contribution < -0.4 is 4.74 Å². The van der Waals surface area contributed by atoms with Crippen LogP contribution in [0.3, 0.4) is 0 Å². The van der Waals surface area contributed by atoms with E-state index >= 15 is 4.79 Å². The summed E-state index contributed by atoms with van der Waals surface area (Å²) in [6, 6.07) is 12.2. The number of hydrogen-bond donors (Lipinski definition) is 1. The van der Waals surface area contributed by atoms with Crippen LogP contribution in [-0.4, -0.2) is 66.1 Å². The average Bonchev–Trinajstić information content (AvgIpc) is 3.15. The third-order valence-corrected chi connectivity index (χ3v) is 17.4. The van der Waals surface area contributed by atoms with Gasteiger partial charge in [-0.2, -0.15) is 0 Å². The monoisotopic (exact) mass is 735 g/mol. The number of hydrogen-bond acceptors (Lipinski definition) is 4. The molecule has 4 saturated carbocycles. The van der Waals surface area contributed by atoms with Crippen LogP contribution in [0.25, 0.3) is 16.8 Å². The minimum absolute atomic E-state index is 0.00949. The Balaban J connectivity index is 0.999. The molecule has 0 radical (unpaired) electrons. The highest BCUT2D eigenvalue weighted by Gasteiger charge is 2.69. The Morgan fingerprint density at radius 3 is 2.22 bits per heavy atom. The summed E-state index contributed by atoms with van der Waals surface area (Å²) >= 11 is 0. The highest BCUT2D eigenvalue weighted by molar-refractivity contribution is 5.93. The van der Waals surface area contributed by atoms with E-state index in [2.05, 4.69) is 71.6 Å². The fourth-order valence-corrected chi connectivity index (χ4v) is 13.8. The number of nitrogens with zero attached hydrogens (tertiary/aromatic N) is 2. The van der Waals surface area contributed by atoms with Crippen LogP contribution in [0.4, 0.5) is 0 Å². The number of aliphatic hydroxyl groups excluding tert-OH is 1. The summed E-state index contributed by atoms with van der Waals surface area (Å²) in [5, 5.41) is 13.3. The zero-order chi connectivity index (χ0) is 38.5. The quantitative estimate of drug-likeness (QED) is 0.251. The lowest BCUT2D eigenvalue weighted by Gasteiger charge is -2.71. The predicted octanol–water partition coefficient (Wildman–Crippen LogP) is 9.70. The van der Waals surface area contributed by atoms with Crippen molar-refractivity contribution in [3.05, 3.63) is 59.7 Å². The summed E-state index contributed by atoms with van der Waals surface area (Å²) in [7, 11) is 1.68. The number of rotatable bonds is 4. The Kier molecular flexibility index (Phi) is 9.07. The van der Waals surface area contributed by atoms with Gasteiger partial charge in [-0.25, -0.2) is 0 Å². The lowest BCUT2D eigenvalue weighted by atomic mass is 9.33. The first-order valence-corrected chi connectivity index (χ1v) is 21.2. The maximum absolute atomic E-state index is 15.1. The molecule has 292 valence electrons. The Hall–Kier alpha value is -3.12. The molecule has 5 fully saturated rings. The Labute approximate surface area is 324 Å². The molecule has 8 rings (SSSR count). The van der Waals surface area contributed by atoms with Crippen molar-refractivity contribution < 1.29 is 19.4 Å². The fraction of sp³-hybridized carbons (Fsp3) is 0.667. The van der Waals surface area contributed by atoms with Gasteiger partial charge in [-0.15, -0.1) is 0 Å². The van der Waals surface area contributed by atoms with Crippen molar-refractivity contribution in [2.24, 2.45) is 50.2 Å². The second-order valence-corrected chi connectivity index (χ2v) is 20.7. The molecular formula is C48H66N2O4. The maximum Gasteiger partial charge on any atom is 0.246 e. The van der Waals surface area contributed by atoms with Gasteiger partial charge in [0.25, 0.3) is 0 Å². The van der Waals surface area contributed by atoms with Gasteiger partial charge >= 0.3 is 0 Å². The van der Waals surface area contributed by atoms with Gasteiger partial charge in [0.2, 0.25) is 11.8 Å². The molecule has 1 saturated heterocycles. The van der Waals surface area contributed by atoms with E-state index in [9.17, 15) is 9.90 Å². The van der Waals surface area contributed by atoms with E-state index in [0.717, 1.165) is 73.5 Å². The highest BCUT2D eigenvalue weighted by atomic mass is 16.5. The normalized spacial score (nSPS) is 38.5. The molecule has 54 heavy (non-hydrogen) atoms. The first-order chi connectivity index (χ1) is 25.5. The Morgan fingerprint density at radius 2 is 1.48 bits per heavy atom. The van der Waals surface area contributed by atoms with E-state index < -0.39 is 0 Å². The van der Waals surface area contributed by atoms with Crippen molar-refractivity contribution in [3.8, 4) is 5.75 Å². The van der Waals surface area contributed by atoms with Gasteiger partial charge in [0.05, 0.1) is 18.6 Å². The first kappa shape index (κ1) is 37.8. The lowest BCUT2D eigenvalue weighted by Crippen LogP contribution is -2.66. The van der Waals surface area contributed by atoms with Crippen molar-refractivity contribution in [1.29, 1.82) is 0 Å². The number of piperazine rings is 1.